The Labute approximate surface area is 353 Å². The van der Waals surface area contributed by atoms with E-state index in [2.05, 4.69) is 19.9 Å². The van der Waals surface area contributed by atoms with Crippen molar-refractivity contribution >= 4 is 57.1 Å². The van der Waals surface area contributed by atoms with Crippen LogP contribution in [-0.4, -0.2) is 70.4 Å². The van der Waals surface area contributed by atoms with Gasteiger partial charge in [0.1, 0.15) is 57.4 Å². The smallest absolute Gasteiger partial charge is 0.338 e. The number of carboxylic acids is 1. The number of benzene rings is 4. The standard InChI is InChI=1S/C23H17F2N3O4.C22H15F2N3O4/c1-30-23(29)15-11-21(28-7-2-8-31-19-6-4-13(24)9-18(19)28)26-12-16(15)22-27-17-5-3-14(25)10-20(17)32-22;23-12-3-5-18-17(8-12)27(6-1-7-30-18)20-10-14(22(28)29)15(11-25-20)21-26-16-4-2-13(24)9-19(16)31-21/h3-6,9-12H,2,7-8H2,1H3;2-5,8-11H,1,6-7H2,(H,28,29). The fourth-order valence-corrected chi connectivity index (χ4v) is 7.18. The van der Waals surface area contributed by atoms with Crippen LogP contribution in [0, 0.1) is 23.3 Å². The highest BCUT2D eigenvalue weighted by Crippen LogP contribution is 2.39. The number of oxazole rings is 2. The van der Waals surface area contributed by atoms with E-state index >= 15 is 0 Å². The van der Waals surface area contributed by atoms with Crippen molar-refractivity contribution in [3.05, 3.63) is 132 Å². The Morgan fingerprint density at radius 2 is 1.06 bits per heavy atom. The molecule has 0 radical (unpaired) electrons. The highest BCUT2D eigenvalue weighted by molar-refractivity contribution is 5.98. The van der Waals surface area contributed by atoms with Gasteiger partial charge in [0.05, 0.1) is 54.0 Å². The molecule has 63 heavy (non-hydrogen) atoms. The van der Waals surface area contributed by atoms with Gasteiger partial charge in [-0.05, 0) is 73.5 Å². The fourth-order valence-electron chi connectivity index (χ4n) is 7.18. The minimum Gasteiger partial charge on any atom is -0.491 e. The van der Waals surface area contributed by atoms with E-state index in [1.165, 1.54) is 98.4 Å². The lowest BCUT2D eigenvalue weighted by Gasteiger charge is -2.23. The maximum atomic E-state index is 14.0. The van der Waals surface area contributed by atoms with Crippen molar-refractivity contribution < 1.29 is 55.3 Å². The average molecular weight is 861 g/mol. The number of ether oxygens (including phenoxy) is 3. The molecule has 6 heterocycles. The van der Waals surface area contributed by atoms with Gasteiger partial charge >= 0.3 is 11.9 Å². The van der Waals surface area contributed by atoms with E-state index in [1.807, 2.05) is 0 Å². The second-order valence-electron chi connectivity index (χ2n) is 14.2. The molecule has 10 rings (SSSR count). The number of hydrogen-bond donors (Lipinski definition) is 1. The van der Waals surface area contributed by atoms with Gasteiger partial charge in [0.2, 0.25) is 11.8 Å². The lowest BCUT2D eigenvalue weighted by atomic mass is 10.1. The summed E-state index contributed by atoms with van der Waals surface area (Å²) >= 11 is 0. The second-order valence-corrected chi connectivity index (χ2v) is 14.2. The first-order valence-corrected chi connectivity index (χ1v) is 19.4. The molecule has 0 bridgehead atoms. The molecular weight excluding hydrogens is 829 g/mol. The Morgan fingerprint density at radius 1 is 0.619 bits per heavy atom. The maximum absolute atomic E-state index is 14.0. The van der Waals surface area contributed by atoms with Gasteiger partial charge in [-0.3, -0.25) is 0 Å². The number of rotatable bonds is 6. The predicted molar refractivity (Wildman–Crippen MR) is 220 cm³/mol. The van der Waals surface area contributed by atoms with Crippen molar-refractivity contribution in [2.75, 3.05) is 43.2 Å². The summed E-state index contributed by atoms with van der Waals surface area (Å²) in [5.41, 5.74) is 2.76. The lowest BCUT2D eigenvalue weighted by Crippen LogP contribution is -2.20. The van der Waals surface area contributed by atoms with Crippen LogP contribution in [0.1, 0.15) is 33.6 Å². The van der Waals surface area contributed by atoms with Gasteiger partial charge in [0.25, 0.3) is 0 Å². The van der Waals surface area contributed by atoms with Gasteiger partial charge in [-0.1, -0.05) is 0 Å². The van der Waals surface area contributed by atoms with Crippen molar-refractivity contribution in [3.8, 4) is 34.4 Å². The quantitative estimate of drug-likeness (QED) is 0.124. The molecule has 0 saturated carbocycles. The highest BCUT2D eigenvalue weighted by atomic mass is 19.1. The first kappa shape index (κ1) is 40.4. The van der Waals surface area contributed by atoms with Crippen molar-refractivity contribution in [3.63, 3.8) is 0 Å². The number of carbonyl (C=O) groups excluding carboxylic acids is 1. The predicted octanol–water partition coefficient (Wildman–Crippen LogP) is 9.66. The summed E-state index contributed by atoms with van der Waals surface area (Å²) in [5.74, 6) is -1.77. The van der Waals surface area contributed by atoms with Crippen LogP contribution in [0.25, 0.3) is 45.1 Å². The molecule has 2 aliphatic rings. The van der Waals surface area contributed by atoms with E-state index in [9.17, 15) is 32.3 Å². The summed E-state index contributed by atoms with van der Waals surface area (Å²) in [7, 11) is 1.26. The summed E-state index contributed by atoms with van der Waals surface area (Å²) in [6.45, 7) is 1.88. The van der Waals surface area contributed by atoms with Crippen LogP contribution in [0.3, 0.4) is 0 Å². The number of anilines is 4. The molecule has 4 aromatic heterocycles. The van der Waals surface area contributed by atoms with Crippen LogP contribution in [0.4, 0.5) is 40.6 Å². The molecule has 318 valence electrons. The Kier molecular flexibility index (Phi) is 10.8. The van der Waals surface area contributed by atoms with Crippen molar-refractivity contribution in [1.29, 1.82) is 0 Å². The Hall–Kier alpha value is -8.02. The Morgan fingerprint density at radius 3 is 1.54 bits per heavy atom. The molecule has 0 saturated heterocycles. The van der Waals surface area contributed by atoms with Gasteiger partial charge in [0, 0.05) is 49.7 Å². The minimum absolute atomic E-state index is 0.0164. The fraction of sp³-hybridized carbons (Fsp3) is 0.156. The van der Waals surface area contributed by atoms with E-state index in [1.54, 1.807) is 15.9 Å². The Balaban J connectivity index is 0.000000160. The van der Waals surface area contributed by atoms with Crippen molar-refractivity contribution in [1.82, 2.24) is 19.9 Å². The van der Waals surface area contributed by atoms with E-state index in [-0.39, 0.29) is 39.6 Å². The maximum Gasteiger partial charge on any atom is 0.338 e. The SMILES string of the molecule is COC(=O)c1cc(N2CCCOc3ccc(F)cc32)ncc1-c1nc2ccc(F)cc2o1.O=C(O)c1cc(N2CCCOc3ccc(F)cc32)ncc1-c1nc2ccc(F)cc2o1. The molecule has 2 aliphatic heterocycles. The molecule has 8 aromatic rings. The number of halogens is 4. The van der Waals surface area contributed by atoms with Crippen LogP contribution in [0.5, 0.6) is 11.5 Å². The van der Waals surface area contributed by atoms with Crippen molar-refractivity contribution in [2.45, 2.75) is 12.8 Å². The first-order chi connectivity index (χ1) is 30.5. The van der Waals surface area contributed by atoms with Crippen LogP contribution < -0.4 is 19.3 Å². The molecule has 0 atom stereocenters. The van der Waals surface area contributed by atoms with Crippen LogP contribution >= 0.6 is 0 Å². The number of carbonyl (C=O) groups is 2. The second kappa shape index (κ2) is 16.8. The molecule has 0 spiro atoms. The van der Waals surface area contributed by atoms with E-state index in [0.717, 1.165) is 0 Å². The summed E-state index contributed by atoms with van der Waals surface area (Å²) in [5, 5.41) is 9.80. The van der Waals surface area contributed by atoms with E-state index < -0.39 is 35.2 Å². The largest absolute Gasteiger partial charge is 0.491 e. The minimum atomic E-state index is -1.21. The summed E-state index contributed by atoms with van der Waals surface area (Å²) in [6.07, 6.45) is 4.08. The number of nitrogens with zero attached hydrogens (tertiary/aromatic N) is 6. The normalized spacial score (nSPS) is 13.5. The van der Waals surface area contributed by atoms with Crippen LogP contribution in [0.2, 0.25) is 0 Å². The van der Waals surface area contributed by atoms with E-state index in [4.69, 9.17) is 23.0 Å². The molecule has 14 nitrogen and oxygen atoms in total. The number of aromatic carboxylic acids is 1. The monoisotopic (exact) mass is 860 g/mol. The van der Waals surface area contributed by atoms with Gasteiger partial charge in [0.15, 0.2) is 11.2 Å². The van der Waals surface area contributed by atoms with Gasteiger partial charge < -0.3 is 38.0 Å². The molecule has 0 unspecified atom stereocenters. The van der Waals surface area contributed by atoms with Crippen molar-refractivity contribution in [2.24, 2.45) is 0 Å². The number of esters is 1. The Bertz CT molecular complexity index is 3070. The number of methoxy groups -OCH3 is 1. The highest BCUT2D eigenvalue weighted by Gasteiger charge is 2.27. The summed E-state index contributed by atoms with van der Waals surface area (Å²) in [4.78, 5) is 45.6. The van der Waals surface area contributed by atoms with Gasteiger partial charge in [-0.15, -0.1) is 0 Å². The molecule has 4 aromatic carbocycles. The number of carboxylic acid groups (broad SMARTS) is 1. The third-order valence-electron chi connectivity index (χ3n) is 10.1. The van der Waals surface area contributed by atoms with Crippen LogP contribution in [0.15, 0.2) is 106 Å². The molecular formula is C45H32F4N6O8. The summed E-state index contributed by atoms with van der Waals surface area (Å²) < 4.78 is 82.4. The number of pyridine rings is 2. The molecule has 0 aliphatic carbocycles. The molecule has 0 amide bonds. The molecule has 0 fully saturated rings. The third kappa shape index (κ3) is 8.13. The number of fused-ring (bicyclic) bond motifs is 4. The average Bonchev–Trinajstić information content (AvgIpc) is 3.76. The topological polar surface area (TPSA) is 166 Å². The third-order valence-corrected chi connectivity index (χ3v) is 10.1. The zero-order valence-corrected chi connectivity index (χ0v) is 33.0. The summed E-state index contributed by atoms with van der Waals surface area (Å²) in [6, 6.07) is 19.2. The number of hydrogen-bond acceptors (Lipinski definition) is 13. The van der Waals surface area contributed by atoms with Gasteiger partial charge in [-0.2, -0.15) is 0 Å². The number of aromatic nitrogens is 4. The van der Waals surface area contributed by atoms with Gasteiger partial charge in [-0.25, -0.2) is 47.1 Å². The molecule has 1 N–H and O–H groups in total. The van der Waals surface area contributed by atoms with Crippen LogP contribution in [-0.2, 0) is 4.74 Å². The zero-order valence-electron chi connectivity index (χ0n) is 33.0. The molecule has 18 heteroatoms. The first-order valence-electron chi connectivity index (χ1n) is 19.4. The van der Waals surface area contributed by atoms with E-state index in [0.29, 0.717) is 90.3 Å². The lowest BCUT2D eigenvalue weighted by molar-refractivity contribution is 0.0600. The zero-order chi connectivity index (χ0) is 43.8.